The Labute approximate surface area is 302 Å². The Morgan fingerprint density at radius 2 is 1.48 bits per heavy atom. The Morgan fingerprint density at radius 3 is 2.06 bits per heavy atom. The van der Waals surface area contributed by atoms with Crippen LogP contribution in [0.5, 0.6) is 0 Å². The minimum Gasteiger partial charge on any atom is -0.373 e. The fourth-order valence-corrected chi connectivity index (χ4v) is 6.08. The van der Waals surface area contributed by atoms with Crippen LogP contribution in [0.15, 0.2) is 91.1 Å². The molecule has 0 saturated carbocycles. The fraction of sp³-hybridized carbons (Fsp3) is 0.150. The van der Waals surface area contributed by atoms with Crippen LogP contribution in [0.4, 0.5) is 23.2 Å². The molecular weight excluding hydrogens is 822 g/mol. The SMILES string of the molecule is [C-]#[N+]c1c(F)c[c-]c(-c2cc(C(C)CC)cc(C(c3ccccc3)(c3ccccc3)c3cn(C)c(-c4[c-]cc(F)c(C#N)c4F)n3)n2)c1F.[Pt+2]. The van der Waals surface area contributed by atoms with E-state index in [2.05, 4.69) is 17.0 Å². The van der Waals surface area contributed by atoms with Crippen LogP contribution in [0.3, 0.4) is 0 Å². The molecule has 6 rings (SSSR count). The van der Waals surface area contributed by atoms with Gasteiger partial charge in [-0.05, 0) is 35.2 Å². The van der Waals surface area contributed by atoms with Crippen molar-refractivity contribution in [3.05, 3.63) is 172 Å². The largest absolute Gasteiger partial charge is 2.00 e. The summed E-state index contributed by atoms with van der Waals surface area (Å²) in [7, 11) is 1.65. The maximum Gasteiger partial charge on any atom is 2.00 e. The molecule has 0 aliphatic heterocycles. The molecule has 2 heterocycles. The molecule has 50 heavy (non-hydrogen) atoms. The van der Waals surface area contributed by atoms with Gasteiger partial charge in [-0.3, -0.25) is 32.4 Å². The standard InChI is InChI=1S/C40H27F4N5.Pt/c1-5-24(2)25-20-33(28-16-19-32(42)38(46-3)37(28)44)47-34(21-25)40(26-12-8-6-9-13-26,27-14-10-7-11-15-27)35-23-49(4)39(48-35)29-17-18-31(41)30(22-45)36(29)43;/h6-15,18-21,23-24H,5H2,1-2,4H3;/q-2;+2. The quantitative estimate of drug-likeness (QED) is 0.113. The van der Waals surface area contributed by atoms with Crippen LogP contribution in [0, 0.1) is 53.3 Å². The molecule has 0 fully saturated rings. The van der Waals surface area contributed by atoms with Crippen LogP contribution < -0.4 is 0 Å². The number of halogens is 4. The van der Waals surface area contributed by atoms with E-state index in [1.807, 2.05) is 80.6 Å². The number of nitriles is 1. The summed E-state index contributed by atoms with van der Waals surface area (Å²) in [6, 6.07) is 31.1. The fourth-order valence-electron chi connectivity index (χ4n) is 6.08. The van der Waals surface area contributed by atoms with Gasteiger partial charge in [-0.15, -0.1) is 29.8 Å². The molecule has 0 radical (unpaired) electrons. The topological polar surface area (TPSA) is 58.9 Å². The number of hydrogen-bond donors (Lipinski definition) is 0. The summed E-state index contributed by atoms with van der Waals surface area (Å²) in [5.41, 5.74) is 0.00684. The number of hydrogen-bond acceptors (Lipinski definition) is 3. The van der Waals surface area contributed by atoms with Gasteiger partial charge in [0.25, 0.3) is 0 Å². The van der Waals surface area contributed by atoms with Crippen LogP contribution in [0.2, 0.25) is 0 Å². The number of rotatable bonds is 8. The maximum atomic E-state index is 15.8. The number of aromatic nitrogens is 3. The minimum absolute atomic E-state index is 0. The summed E-state index contributed by atoms with van der Waals surface area (Å²) >= 11 is 0. The molecule has 2 aromatic heterocycles. The van der Waals surface area contributed by atoms with Gasteiger partial charge >= 0.3 is 21.1 Å². The van der Waals surface area contributed by atoms with E-state index < -0.39 is 39.9 Å². The summed E-state index contributed by atoms with van der Waals surface area (Å²) in [6.07, 6.45) is 2.43. The first-order valence-electron chi connectivity index (χ1n) is 15.4. The van der Waals surface area contributed by atoms with Gasteiger partial charge in [0.05, 0.1) is 41.5 Å². The Morgan fingerprint density at radius 1 is 0.880 bits per heavy atom. The zero-order chi connectivity index (χ0) is 34.9. The van der Waals surface area contributed by atoms with E-state index in [1.165, 1.54) is 0 Å². The summed E-state index contributed by atoms with van der Waals surface area (Å²) in [4.78, 5) is 13.1. The molecule has 10 heteroatoms. The second kappa shape index (κ2) is 14.6. The van der Waals surface area contributed by atoms with Crippen LogP contribution >= 0.6 is 0 Å². The summed E-state index contributed by atoms with van der Waals surface area (Å²) in [5, 5.41) is 9.45. The van der Waals surface area contributed by atoms with E-state index in [1.54, 1.807) is 29.9 Å². The molecule has 250 valence electrons. The second-order valence-electron chi connectivity index (χ2n) is 11.6. The van der Waals surface area contributed by atoms with E-state index in [9.17, 15) is 14.0 Å². The first-order chi connectivity index (χ1) is 23.6. The molecule has 6 aromatic rings. The number of pyridine rings is 1. The number of nitrogens with zero attached hydrogens (tertiary/aromatic N) is 5. The molecule has 0 amide bonds. The summed E-state index contributed by atoms with van der Waals surface area (Å²) < 4.78 is 61.7. The zero-order valence-corrected chi connectivity index (χ0v) is 29.3. The Hall–Kier alpha value is -5.37. The van der Waals surface area contributed by atoms with Crippen molar-refractivity contribution in [2.24, 2.45) is 7.05 Å². The Balaban J connectivity index is 0.00000486. The molecule has 0 aliphatic rings. The van der Waals surface area contributed by atoms with Gasteiger partial charge in [0.15, 0.2) is 5.69 Å². The predicted octanol–water partition coefficient (Wildman–Crippen LogP) is 9.62. The van der Waals surface area contributed by atoms with Crippen molar-refractivity contribution in [1.82, 2.24) is 14.5 Å². The number of aryl methyl sites for hydroxylation is 1. The van der Waals surface area contributed by atoms with Crippen LogP contribution in [-0.4, -0.2) is 14.5 Å². The average Bonchev–Trinajstić information content (AvgIpc) is 3.50. The molecular formula is C40H27F4N5Pt. The smallest absolute Gasteiger partial charge is 0.373 e. The monoisotopic (exact) mass is 848 g/mol. The zero-order valence-electron chi connectivity index (χ0n) is 27.0. The van der Waals surface area contributed by atoms with Crippen molar-refractivity contribution in [3.63, 3.8) is 0 Å². The third-order valence-electron chi connectivity index (χ3n) is 8.81. The summed E-state index contributed by atoms with van der Waals surface area (Å²) in [6.45, 7) is 11.4. The van der Waals surface area contributed by atoms with Gasteiger partial charge in [-0.1, -0.05) is 91.7 Å². The van der Waals surface area contributed by atoms with Crippen LogP contribution in [0.25, 0.3) is 27.5 Å². The van der Waals surface area contributed by atoms with E-state index in [4.69, 9.17) is 16.5 Å². The minimum atomic E-state index is -1.32. The average molecular weight is 849 g/mol. The molecule has 4 aromatic carbocycles. The van der Waals surface area contributed by atoms with Gasteiger partial charge in [0, 0.05) is 30.4 Å². The normalized spacial score (nSPS) is 11.7. The Bertz CT molecular complexity index is 2230. The predicted molar refractivity (Wildman–Crippen MR) is 177 cm³/mol. The number of imidazole rings is 1. The van der Waals surface area contributed by atoms with E-state index in [0.717, 1.165) is 35.2 Å². The molecule has 0 aliphatic carbocycles. The van der Waals surface area contributed by atoms with Crippen molar-refractivity contribution in [1.29, 1.82) is 5.26 Å². The second-order valence-corrected chi connectivity index (χ2v) is 11.6. The molecule has 0 bridgehead atoms. The van der Waals surface area contributed by atoms with Gasteiger partial charge in [-0.2, -0.15) is 5.26 Å². The molecule has 0 saturated heterocycles. The van der Waals surface area contributed by atoms with E-state index in [-0.39, 0.29) is 49.6 Å². The third-order valence-corrected chi connectivity index (χ3v) is 8.81. The molecule has 5 nitrogen and oxygen atoms in total. The third kappa shape index (κ3) is 6.04. The van der Waals surface area contributed by atoms with Crippen LogP contribution in [-0.2, 0) is 33.5 Å². The molecule has 0 spiro atoms. The molecule has 0 N–H and O–H groups in total. The van der Waals surface area contributed by atoms with E-state index >= 15 is 8.78 Å². The van der Waals surface area contributed by atoms with Gasteiger partial charge in [-0.25, -0.2) is 0 Å². The van der Waals surface area contributed by atoms with E-state index in [0.29, 0.717) is 11.4 Å². The van der Waals surface area contributed by atoms with Crippen LogP contribution in [0.1, 0.15) is 59.8 Å². The Kier molecular flexibility index (Phi) is 10.5. The van der Waals surface area contributed by atoms with Crippen molar-refractivity contribution in [2.45, 2.75) is 31.6 Å². The van der Waals surface area contributed by atoms with Gasteiger partial charge < -0.3 is 4.57 Å². The first-order valence-corrected chi connectivity index (χ1v) is 15.4. The van der Waals surface area contributed by atoms with Crippen molar-refractivity contribution >= 4 is 5.69 Å². The van der Waals surface area contributed by atoms with Crippen molar-refractivity contribution in [2.75, 3.05) is 0 Å². The van der Waals surface area contributed by atoms with Crippen molar-refractivity contribution < 1.29 is 38.6 Å². The molecule has 1 unspecified atom stereocenters. The first kappa shape index (κ1) is 35.9. The van der Waals surface area contributed by atoms with Gasteiger partial charge in [0.1, 0.15) is 5.41 Å². The summed E-state index contributed by atoms with van der Waals surface area (Å²) in [5.74, 6) is -4.17. The molecule has 1 atom stereocenters. The van der Waals surface area contributed by atoms with Crippen molar-refractivity contribution in [3.8, 4) is 28.7 Å². The number of benzene rings is 4. The maximum absolute atomic E-state index is 15.8. The van der Waals surface area contributed by atoms with Gasteiger partial charge in [0.2, 0.25) is 0 Å².